The maximum atomic E-state index is 12.6. The molecule has 118 valence electrons. The van der Waals surface area contributed by atoms with E-state index in [0.29, 0.717) is 46.5 Å². The molecule has 4 rings (SSSR count). The van der Waals surface area contributed by atoms with E-state index >= 15 is 0 Å². The largest absolute Gasteiger partial charge is 0.484 e. The molecule has 0 radical (unpaired) electrons. The van der Waals surface area contributed by atoms with Gasteiger partial charge in [-0.3, -0.25) is 9.59 Å². The molecule has 0 saturated carbocycles. The van der Waals surface area contributed by atoms with Gasteiger partial charge in [-0.05, 0) is 24.3 Å². The number of amides is 1. The van der Waals surface area contributed by atoms with Crippen LogP contribution in [-0.4, -0.2) is 35.3 Å². The summed E-state index contributed by atoms with van der Waals surface area (Å²) in [5.41, 5.74) is 0.0373. The maximum absolute atomic E-state index is 12.6. The van der Waals surface area contributed by atoms with Crippen molar-refractivity contribution in [2.45, 2.75) is 18.4 Å². The molecule has 1 fully saturated rings. The SMILES string of the molecule is O=C1C[C@@]2(CCN(C(=O)c3ccc(Cl)s3)C2)Oc2ccccc21. The lowest BCUT2D eigenvalue weighted by atomic mass is 9.89. The van der Waals surface area contributed by atoms with Crippen molar-refractivity contribution >= 4 is 34.6 Å². The first kappa shape index (κ1) is 14.7. The summed E-state index contributed by atoms with van der Waals surface area (Å²) >= 11 is 7.18. The molecule has 3 heterocycles. The Kier molecular flexibility index (Phi) is 3.43. The van der Waals surface area contributed by atoms with E-state index in [4.69, 9.17) is 16.3 Å². The number of likely N-dealkylation sites (tertiary alicyclic amines) is 1. The number of carbonyl (C=O) groups is 2. The highest BCUT2D eigenvalue weighted by Crippen LogP contribution is 2.39. The number of para-hydroxylation sites is 1. The van der Waals surface area contributed by atoms with Gasteiger partial charge in [0.2, 0.25) is 0 Å². The lowest BCUT2D eigenvalue weighted by Crippen LogP contribution is -2.45. The number of ketones is 1. The summed E-state index contributed by atoms with van der Waals surface area (Å²) in [5.74, 6) is 0.659. The molecule has 0 bridgehead atoms. The summed E-state index contributed by atoms with van der Waals surface area (Å²) in [6, 6.07) is 10.8. The molecule has 2 aliphatic heterocycles. The first-order valence-electron chi connectivity index (χ1n) is 7.42. The van der Waals surface area contributed by atoms with E-state index in [2.05, 4.69) is 0 Å². The lowest BCUT2D eigenvalue weighted by Gasteiger charge is -2.34. The number of halogens is 1. The van der Waals surface area contributed by atoms with Crippen LogP contribution in [0, 0.1) is 0 Å². The van der Waals surface area contributed by atoms with Gasteiger partial charge >= 0.3 is 0 Å². The Labute approximate surface area is 142 Å². The normalized spacial score (nSPS) is 23.0. The molecular weight excluding hydrogens is 334 g/mol. The van der Waals surface area contributed by atoms with Crippen LogP contribution in [0.5, 0.6) is 5.75 Å². The Balaban J connectivity index is 1.56. The molecule has 4 nitrogen and oxygen atoms in total. The van der Waals surface area contributed by atoms with Gasteiger partial charge in [0.05, 0.1) is 27.7 Å². The fourth-order valence-electron chi connectivity index (χ4n) is 3.27. The number of benzene rings is 1. The molecule has 1 atom stereocenters. The Morgan fingerprint density at radius 2 is 2.09 bits per heavy atom. The van der Waals surface area contributed by atoms with E-state index in [1.807, 2.05) is 18.2 Å². The second-order valence-corrected chi connectivity index (χ2v) is 7.68. The van der Waals surface area contributed by atoms with Crippen LogP contribution in [0.15, 0.2) is 36.4 Å². The molecule has 1 amide bonds. The van der Waals surface area contributed by atoms with Crippen molar-refractivity contribution in [3.8, 4) is 5.75 Å². The third kappa shape index (κ3) is 2.54. The lowest BCUT2D eigenvalue weighted by molar-refractivity contribution is 0.0429. The first-order chi connectivity index (χ1) is 11.1. The maximum Gasteiger partial charge on any atom is 0.264 e. The van der Waals surface area contributed by atoms with Gasteiger partial charge in [0.1, 0.15) is 11.4 Å². The minimum Gasteiger partial charge on any atom is -0.484 e. The predicted molar refractivity (Wildman–Crippen MR) is 88.6 cm³/mol. The fourth-order valence-corrected chi connectivity index (χ4v) is 4.28. The molecular formula is C17H14ClNO3S. The highest BCUT2D eigenvalue weighted by Gasteiger charge is 2.47. The van der Waals surface area contributed by atoms with Crippen molar-refractivity contribution in [2.75, 3.05) is 13.1 Å². The van der Waals surface area contributed by atoms with Gasteiger partial charge in [-0.15, -0.1) is 11.3 Å². The quantitative estimate of drug-likeness (QED) is 0.791. The number of fused-ring (bicyclic) bond motifs is 1. The van der Waals surface area contributed by atoms with Crippen LogP contribution in [0.3, 0.4) is 0 Å². The van der Waals surface area contributed by atoms with Crippen LogP contribution in [0.2, 0.25) is 4.34 Å². The molecule has 0 N–H and O–H groups in total. The second-order valence-electron chi connectivity index (χ2n) is 5.96. The first-order valence-corrected chi connectivity index (χ1v) is 8.62. The van der Waals surface area contributed by atoms with Gasteiger partial charge in [0, 0.05) is 13.0 Å². The van der Waals surface area contributed by atoms with Gasteiger partial charge in [-0.2, -0.15) is 0 Å². The zero-order valence-corrected chi connectivity index (χ0v) is 13.8. The number of hydrogen-bond acceptors (Lipinski definition) is 4. The van der Waals surface area contributed by atoms with Crippen LogP contribution in [0.1, 0.15) is 32.9 Å². The minimum absolute atomic E-state index is 0.0475. The number of nitrogens with zero attached hydrogens (tertiary/aromatic N) is 1. The monoisotopic (exact) mass is 347 g/mol. The summed E-state index contributed by atoms with van der Waals surface area (Å²) < 4.78 is 6.73. The average Bonchev–Trinajstić information content (AvgIpc) is 3.14. The zero-order chi connectivity index (χ0) is 16.0. The van der Waals surface area contributed by atoms with Crippen molar-refractivity contribution in [1.29, 1.82) is 0 Å². The van der Waals surface area contributed by atoms with Crippen LogP contribution >= 0.6 is 22.9 Å². The summed E-state index contributed by atoms with van der Waals surface area (Å²) in [7, 11) is 0. The summed E-state index contributed by atoms with van der Waals surface area (Å²) in [6.45, 7) is 1.02. The highest BCUT2D eigenvalue weighted by atomic mass is 35.5. The smallest absolute Gasteiger partial charge is 0.264 e. The molecule has 0 aliphatic carbocycles. The van der Waals surface area contributed by atoms with Gasteiger partial charge < -0.3 is 9.64 Å². The van der Waals surface area contributed by atoms with Crippen molar-refractivity contribution in [3.05, 3.63) is 51.2 Å². The standard InChI is InChI=1S/C17H14ClNO3S/c18-15-6-5-14(23-15)16(21)19-8-7-17(10-19)9-12(20)11-3-1-2-4-13(11)22-17/h1-6H,7-10H2/t17-/m1/s1. The molecule has 2 aromatic rings. The third-order valence-corrected chi connectivity index (χ3v) is 5.60. The van der Waals surface area contributed by atoms with Crippen LogP contribution in [0.25, 0.3) is 0 Å². The van der Waals surface area contributed by atoms with Crippen molar-refractivity contribution in [2.24, 2.45) is 0 Å². The van der Waals surface area contributed by atoms with E-state index in [9.17, 15) is 9.59 Å². The topological polar surface area (TPSA) is 46.6 Å². The molecule has 1 saturated heterocycles. The van der Waals surface area contributed by atoms with Crippen LogP contribution in [-0.2, 0) is 0 Å². The van der Waals surface area contributed by atoms with Gasteiger partial charge in [-0.1, -0.05) is 23.7 Å². The van der Waals surface area contributed by atoms with Crippen LogP contribution < -0.4 is 4.74 Å². The molecule has 23 heavy (non-hydrogen) atoms. The number of ether oxygens (including phenoxy) is 1. The molecule has 6 heteroatoms. The Hall–Kier alpha value is -1.85. The number of Topliss-reactive ketones (excluding diaryl/α,β-unsaturated/α-hetero) is 1. The van der Waals surface area contributed by atoms with E-state index < -0.39 is 5.60 Å². The third-order valence-electron chi connectivity index (χ3n) is 4.38. The average molecular weight is 348 g/mol. The number of hydrogen-bond donors (Lipinski definition) is 0. The summed E-state index contributed by atoms with van der Waals surface area (Å²) in [6.07, 6.45) is 0.983. The molecule has 1 spiro atoms. The minimum atomic E-state index is -0.595. The Morgan fingerprint density at radius 1 is 1.26 bits per heavy atom. The van der Waals surface area contributed by atoms with Crippen molar-refractivity contribution in [1.82, 2.24) is 4.90 Å². The number of thiophene rings is 1. The molecule has 1 aromatic carbocycles. The predicted octanol–water partition coefficient (Wildman–Crippen LogP) is 3.65. The fraction of sp³-hybridized carbons (Fsp3) is 0.294. The van der Waals surface area contributed by atoms with E-state index in [-0.39, 0.29) is 11.7 Å². The van der Waals surface area contributed by atoms with Crippen LogP contribution in [0.4, 0.5) is 0 Å². The summed E-state index contributed by atoms with van der Waals surface area (Å²) in [4.78, 5) is 27.3. The Morgan fingerprint density at radius 3 is 2.87 bits per heavy atom. The molecule has 0 unspecified atom stereocenters. The van der Waals surface area contributed by atoms with Crippen molar-refractivity contribution < 1.29 is 14.3 Å². The molecule has 1 aromatic heterocycles. The van der Waals surface area contributed by atoms with Gasteiger partial charge in [-0.25, -0.2) is 0 Å². The van der Waals surface area contributed by atoms with Crippen molar-refractivity contribution in [3.63, 3.8) is 0 Å². The number of rotatable bonds is 1. The van der Waals surface area contributed by atoms with Gasteiger partial charge in [0.15, 0.2) is 5.78 Å². The van der Waals surface area contributed by atoms with E-state index in [1.165, 1.54) is 11.3 Å². The number of carbonyl (C=O) groups excluding carboxylic acids is 2. The summed E-state index contributed by atoms with van der Waals surface area (Å²) in [5, 5.41) is 0. The van der Waals surface area contributed by atoms with E-state index in [1.54, 1.807) is 23.1 Å². The van der Waals surface area contributed by atoms with E-state index in [0.717, 1.165) is 0 Å². The molecule has 2 aliphatic rings. The van der Waals surface area contributed by atoms with Gasteiger partial charge in [0.25, 0.3) is 5.91 Å². The Bertz CT molecular complexity index is 803. The highest BCUT2D eigenvalue weighted by molar-refractivity contribution is 7.17. The second kappa shape index (κ2) is 5.35. The zero-order valence-electron chi connectivity index (χ0n) is 12.3.